The van der Waals surface area contributed by atoms with Crippen LogP contribution in [0.1, 0.15) is 6.42 Å². The predicted molar refractivity (Wildman–Crippen MR) is 88.6 cm³/mol. The molecule has 3 rings (SSSR count). The lowest BCUT2D eigenvalue weighted by Crippen LogP contribution is -2.28. The van der Waals surface area contributed by atoms with Crippen LogP contribution in [-0.2, 0) is 9.59 Å². The molecule has 1 heterocycles. The quantitative estimate of drug-likeness (QED) is 0.690. The Labute approximate surface area is 138 Å². The van der Waals surface area contributed by atoms with Gasteiger partial charge in [0.15, 0.2) is 0 Å². The van der Waals surface area contributed by atoms with Gasteiger partial charge in [0, 0.05) is 36.5 Å². The maximum Gasteiger partial charge on any atom is 0.269 e. The van der Waals surface area contributed by atoms with Gasteiger partial charge in [0.05, 0.1) is 10.8 Å². The second-order valence-corrected chi connectivity index (χ2v) is 5.53. The Kier molecular flexibility index (Phi) is 4.24. The van der Waals surface area contributed by atoms with E-state index in [0.29, 0.717) is 12.2 Å². The van der Waals surface area contributed by atoms with Crippen molar-refractivity contribution in [2.75, 3.05) is 16.8 Å². The summed E-state index contributed by atoms with van der Waals surface area (Å²) in [5.74, 6) is -0.811. The molecule has 0 aromatic heterocycles. The number of amides is 2. The van der Waals surface area contributed by atoms with E-state index >= 15 is 0 Å². The normalized spacial score (nSPS) is 16.9. The molecule has 2 amide bonds. The summed E-state index contributed by atoms with van der Waals surface area (Å²) in [6, 6.07) is 14.8. The van der Waals surface area contributed by atoms with E-state index in [1.54, 1.807) is 4.90 Å². The number of nitro benzene ring substituents is 1. The zero-order valence-corrected chi connectivity index (χ0v) is 12.7. The fraction of sp³-hybridized carbons (Fsp3) is 0.176. The zero-order chi connectivity index (χ0) is 17.1. The van der Waals surface area contributed by atoms with Gasteiger partial charge in [0.2, 0.25) is 11.8 Å². The number of nitro groups is 1. The maximum absolute atomic E-state index is 12.3. The summed E-state index contributed by atoms with van der Waals surface area (Å²) in [5, 5.41) is 13.3. The second kappa shape index (κ2) is 6.49. The SMILES string of the molecule is O=C(Nc1ccc([N+](=O)[O-])cc1)[C@H]1CC(=O)N(c2ccccc2)C1. The van der Waals surface area contributed by atoms with Gasteiger partial charge >= 0.3 is 0 Å². The first-order chi connectivity index (χ1) is 11.5. The molecule has 1 aliphatic heterocycles. The lowest BCUT2D eigenvalue weighted by atomic mass is 10.1. The van der Waals surface area contributed by atoms with Crippen LogP contribution in [0, 0.1) is 16.0 Å². The molecule has 0 bridgehead atoms. The minimum absolute atomic E-state index is 0.0423. The molecule has 1 saturated heterocycles. The molecule has 0 spiro atoms. The van der Waals surface area contributed by atoms with Gasteiger partial charge < -0.3 is 10.2 Å². The molecule has 1 N–H and O–H groups in total. The Balaban J connectivity index is 1.66. The molecule has 7 heteroatoms. The average Bonchev–Trinajstić information content (AvgIpc) is 2.98. The van der Waals surface area contributed by atoms with Crippen molar-refractivity contribution in [1.29, 1.82) is 0 Å². The summed E-state index contributed by atoms with van der Waals surface area (Å²) >= 11 is 0. The van der Waals surface area contributed by atoms with Crippen LogP contribution >= 0.6 is 0 Å². The fourth-order valence-corrected chi connectivity index (χ4v) is 2.65. The monoisotopic (exact) mass is 325 g/mol. The number of non-ortho nitro benzene ring substituents is 1. The van der Waals surface area contributed by atoms with Crippen LogP contribution in [0.5, 0.6) is 0 Å². The Morgan fingerprint density at radius 3 is 2.42 bits per heavy atom. The molecule has 24 heavy (non-hydrogen) atoms. The van der Waals surface area contributed by atoms with Crippen molar-refractivity contribution in [3.05, 3.63) is 64.7 Å². The van der Waals surface area contributed by atoms with Crippen molar-refractivity contribution in [3.63, 3.8) is 0 Å². The molecule has 1 fully saturated rings. The van der Waals surface area contributed by atoms with E-state index in [-0.39, 0.29) is 23.9 Å². The predicted octanol–water partition coefficient (Wildman–Crippen LogP) is 2.59. The highest BCUT2D eigenvalue weighted by molar-refractivity contribution is 6.03. The first-order valence-electron chi connectivity index (χ1n) is 7.45. The molecule has 1 aliphatic rings. The van der Waals surface area contributed by atoms with Crippen molar-refractivity contribution in [3.8, 4) is 0 Å². The summed E-state index contributed by atoms with van der Waals surface area (Å²) < 4.78 is 0. The maximum atomic E-state index is 12.3. The molecular weight excluding hydrogens is 310 g/mol. The summed E-state index contributed by atoms with van der Waals surface area (Å²) in [5.41, 5.74) is 1.20. The topological polar surface area (TPSA) is 92.5 Å². The molecule has 122 valence electrons. The minimum atomic E-state index is -0.501. The number of para-hydroxylation sites is 1. The first kappa shape index (κ1) is 15.7. The van der Waals surface area contributed by atoms with Crippen molar-refractivity contribution < 1.29 is 14.5 Å². The molecular formula is C17H15N3O4. The third-order valence-electron chi connectivity index (χ3n) is 3.91. The molecule has 0 saturated carbocycles. The van der Waals surface area contributed by atoms with Gasteiger partial charge in [0.1, 0.15) is 0 Å². The van der Waals surface area contributed by atoms with E-state index in [2.05, 4.69) is 5.32 Å². The molecule has 0 unspecified atom stereocenters. The van der Waals surface area contributed by atoms with E-state index in [0.717, 1.165) is 5.69 Å². The van der Waals surface area contributed by atoms with Gasteiger partial charge in [-0.25, -0.2) is 0 Å². The number of carbonyl (C=O) groups excluding carboxylic acids is 2. The van der Waals surface area contributed by atoms with Gasteiger partial charge in [-0.05, 0) is 24.3 Å². The van der Waals surface area contributed by atoms with E-state index in [9.17, 15) is 19.7 Å². The first-order valence-corrected chi connectivity index (χ1v) is 7.45. The zero-order valence-electron chi connectivity index (χ0n) is 12.7. The van der Waals surface area contributed by atoms with Crippen molar-refractivity contribution in [1.82, 2.24) is 0 Å². The number of nitrogens with zero attached hydrogens (tertiary/aromatic N) is 2. The number of benzene rings is 2. The Morgan fingerprint density at radius 2 is 1.79 bits per heavy atom. The van der Waals surface area contributed by atoms with Crippen LogP contribution in [0.25, 0.3) is 0 Å². The Hall–Kier alpha value is -3.22. The standard InChI is InChI=1S/C17H15N3O4/c21-16-10-12(11-19(16)14-4-2-1-3-5-14)17(22)18-13-6-8-15(9-7-13)20(23)24/h1-9,12H,10-11H2,(H,18,22)/t12-/m0/s1. The second-order valence-electron chi connectivity index (χ2n) is 5.53. The third-order valence-corrected chi connectivity index (χ3v) is 3.91. The van der Waals surface area contributed by atoms with Crippen LogP contribution in [0.15, 0.2) is 54.6 Å². The number of nitrogens with one attached hydrogen (secondary N) is 1. The van der Waals surface area contributed by atoms with Crippen molar-refractivity contribution >= 4 is 28.9 Å². The number of hydrogen-bond donors (Lipinski definition) is 1. The Bertz CT molecular complexity index is 774. The van der Waals surface area contributed by atoms with E-state index in [4.69, 9.17) is 0 Å². The van der Waals surface area contributed by atoms with Crippen LogP contribution in [0.2, 0.25) is 0 Å². The van der Waals surface area contributed by atoms with Gasteiger partial charge in [-0.2, -0.15) is 0 Å². The van der Waals surface area contributed by atoms with E-state index in [1.165, 1.54) is 24.3 Å². The number of hydrogen-bond acceptors (Lipinski definition) is 4. The van der Waals surface area contributed by atoms with Crippen LogP contribution in [0.3, 0.4) is 0 Å². The van der Waals surface area contributed by atoms with Gasteiger partial charge in [0.25, 0.3) is 5.69 Å². The largest absolute Gasteiger partial charge is 0.326 e. The van der Waals surface area contributed by atoms with Crippen molar-refractivity contribution in [2.45, 2.75) is 6.42 Å². The van der Waals surface area contributed by atoms with Gasteiger partial charge in [-0.1, -0.05) is 18.2 Å². The molecule has 0 aliphatic carbocycles. The highest BCUT2D eigenvalue weighted by atomic mass is 16.6. The van der Waals surface area contributed by atoms with Crippen LogP contribution in [0.4, 0.5) is 17.1 Å². The lowest BCUT2D eigenvalue weighted by molar-refractivity contribution is -0.384. The van der Waals surface area contributed by atoms with Gasteiger partial charge in [-0.15, -0.1) is 0 Å². The van der Waals surface area contributed by atoms with Crippen molar-refractivity contribution in [2.24, 2.45) is 5.92 Å². The summed E-state index contributed by atoms with van der Waals surface area (Å²) in [7, 11) is 0. The fourth-order valence-electron chi connectivity index (χ4n) is 2.65. The Morgan fingerprint density at radius 1 is 1.12 bits per heavy atom. The number of rotatable bonds is 4. The third kappa shape index (κ3) is 3.24. The van der Waals surface area contributed by atoms with Crippen LogP contribution < -0.4 is 10.2 Å². The molecule has 0 radical (unpaired) electrons. The summed E-state index contributed by atoms with van der Waals surface area (Å²) in [4.78, 5) is 36.2. The highest BCUT2D eigenvalue weighted by Gasteiger charge is 2.35. The summed E-state index contributed by atoms with van der Waals surface area (Å²) in [6.07, 6.45) is 0.147. The number of carbonyl (C=O) groups is 2. The smallest absolute Gasteiger partial charge is 0.269 e. The molecule has 7 nitrogen and oxygen atoms in total. The molecule has 2 aromatic carbocycles. The average molecular weight is 325 g/mol. The molecule has 2 aromatic rings. The van der Waals surface area contributed by atoms with Crippen LogP contribution in [-0.4, -0.2) is 23.3 Å². The number of anilines is 2. The molecule has 1 atom stereocenters. The van der Waals surface area contributed by atoms with E-state index < -0.39 is 10.8 Å². The van der Waals surface area contributed by atoms with Gasteiger partial charge in [-0.3, -0.25) is 19.7 Å². The highest BCUT2D eigenvalue weighted by Crippen LogP contribution is 2.26. The van der Waals surface area contributed by atoms with E-state index in [1.807, 2.05) is 30.3 Å². The summed E-state index contributed by atoms with van der Waals surface area (Å²) in [6.45, 7) is 0.321. The minimum Gasteiger partial charge on any atom is -0.326 e. The lowest BCUT2D eigenvalue weighted by Gasteiger charge is -2.16.